The van der Waals surface area contributed by atoms with Gasteiger partial charge in [0, 0.05) is 0 Å². The van der Waals surface area contributed by atoms with E-state index in [-0.39, 0.29) is 12.5 Å². The minimum absolute atomic E-state index is 0.159. The first kappa shape index (κ1) is 27.1. The van der Waals surface area contributed by atoms with Gasteiger partial charge in [-0.2, -0.15) is 5.10 Å². The predicted octanol–water partition coefficient (Wildman–Crippen LogP) is 8.03. The largest absolute Gasteiger partial charge is 0.489 e. The lowest BCUT2D eigenvalue weighted by molar-refractivity contribution is -0.122. The molecule has 1 fully saturated rings. The van der Waals surface area contributed by atoms with E-state index in [1.807, 2.05) is 97.1 Å². The molecule has 0 N–H and O–H groups in total. The van der Waals surface area contributed by atoms with Crippen LogP contribution in [0, 0.1) is 0 Å². The van der Waals surface area contributed by atoms with Crippen molar-refractivity contribution in [3.8, 4) is 16.9 Å². The first-order valence-corrected chi connectivity index (χ1v) is 14.3. The van der Waals surface area contributed by atoms with Crippen molar-refractivity contribution >= 4 is 35.1 Å². The molecule has 1 aliphatic heterocycles. The molecule has 6 rings (SSSR count). The molecule has 0 saturated carbocycles. The summed E-state index contributed by atoms with van der Waals surface area (Å²) in [5.41, 5.74) is 5.14. The Morgan fingerprint density at radius 1 is 0.786 bits per heavy atom. The molecular weight excluding hydrogens is 542 g/mol. The van der Waals surface area contributed by atoms with E-state index < -0.39 is 0 Å². The maximum atomic E-state index is 13.5. The van der Waals surface area contributed by atoms with E-state index in [9.17, 15) is 4.79 Å². The van der Waals surface area contributed by atoms with Crippen molar-refractivity contribution in [3.63, 3.8) is 0 Å². The molecule has 5 aromatic rings. The third-order valence-electron chi connectivity index (χ3n) is 6.55. The van der Waals surface area contributed by atoms with Gasteiger partial charge in [-0.15, -0.1) is 5.10 Å². The molecule has 1 amide bonds. The third kappa shape index (κ3) is 6.77. The fraction of sp³-hybridized carbons (Fsp3) is 0.0571. The summed E-state index contributed by atoms with van der Waals surface area (Å²) in [5, 5.41) is 9.23. The van der Waals surface area contributed by atoms with E-state index in [0.717, 1.165) is 33.6 Å². The van der Waals surface area contributed by atoms with Gasteiger partial charge >= 0.3 is 0 Å². The number of hydrogen-bond donors (Lipinski definition) is 0. The summed E-state index contributed by atoms with van der Waals surface area (Å²) in [6.07, 6.45) is 5.13. The fourth-order valence-electron chi connectivity index (χ4n) is 4.40. The molecule has 2 heterocycles. The summed E-state index contributed by atoms with van der Waals surface area (Å²) in [7, 11) is 0. The number of ether oxygens (including phenoxy) is 1. The van der Waals surface area contributed by atoms with Crippen molar-refractivity contribution < 1.29 is 13.9 Å². The summed E-state index contributed by atoms with van der Waals surface area (Å²) < 4.78 is 11.5. The monoisotopic (exact) mass is 569 g/mol. The Balaban J connectivity index is 1.20. The van der Waals surface area contributed by atoms with Crippen molar-refractivity contribution in [1.29, 1.82) is 0 Å². The first-order chi connectivity index (χ1) is 20.7. The maximum absolute atomic E-state index is 13.5. The molecule has 206 valence electrons. The molecule has 1 aromatic heterocycles. The summed E-state index contributed by atoms with van der Waals surface area (Å²) in [5.74, 6) is 1.23. The van der Waals surface area contributed by atoms with Crippen molar-refractivity contribution in [2.24, 2.45) is 10.2 Å². The predicted molar refractivity (Wildman–Crippen MR) is 169 cm³/mol. The molecule has 1 aliphatic rings. The summed E-state index contributed by atoms with van der Waals surface area (Å²) in [6, 6.07) is 39.6. The fourth-order valence-corrected chi connectivity index (χ4v) is 5.34. The van der Waals surface area contributed by atoms with Gasteiger partial charge in [-0.25, -0.2) is 0 Å². The second kappa shape index (κ2) is 13.0. The lowest BCUT2D eigenvalue weighted by Crippen LogP contribution is -2.28. The van der Waals surface area contributed by atoms with E-state index in [0.29, 0.717) is 22.4 Å². The Labute approximate surface area is 248 Å². The number of amidine groups is 1. The highest BCUT2D eigenvalue weighted by molar-refractivity contribution is 8.18. The third-order valence-corrected chi connectivity index (χ3v) is 7.55. The highest BCUT2D eigenvalue weighted by Gasteiger charge is 2.34. The van der Waals surface area contributed by atoms with Crippen LogP contribution < -0.4 is 4.74 Å². The van der Waals surface area contributed by atoms with Gasteiger partial charge in [0.05, 0.1) is 23.9 Å². The topological polar surface area (TPSA) is 67.4 Å². The van der Waals surface area contributed by atoms with Gasteiger partial charge in [-0.3, -0.25) is 9.69 Å². The van der Waals surface area contributed by atoms with Gasteiger partial charge < -0.3 is 9.15 Å². The van der Waals surface area contributed by atoms with Crippen LogP contribution in [0.3, 0.4) is 0 Å². The highest BCUT2D eigenvalue weighted by Crippen LogP contribution is 2.34. The van der Waals surface area contributed by atoms with Crippen LogP contribution in [0.1, 0.15) is 22.5 Å². The van der Waals surface area contributed by atoms with E-state index in [1.54, 1.807) is 23.4 Å². The van der Waals surface area contributed by atoms with Crippen molar-refractivity contribution in [3.05, 3.63) is 155 Å². The van der Waals surface area contributed by atoms with E-state index in [2.05, 4.69) is 34.5 Å². The van der Waals surface area contributed by atoms with Crippen LogP contribution >= 0.6 is 11.8 Å². The molecule has 4 aromatic carbocycles. The number of thioether (sulfide) groups is 1. The van der Waals surface area contributed by atoms with Gasteiger partial charge in [-0.05, 0) is 69.9 Å². The Bertz CT molecular complexity index is 1730. The minimum atomic E-state index is -0.159. The molecule has 1 saturated heterocycles. The number of furan rings is 1. The number of carbonyl (C=O) groups excluding carboxylic acids is 1. The van der Waals surface area contributed by atoms with Crippen LogP contribution in [0.4, 0.5) is 0 Å². The van der Waals surface area contributed by atoms with Crippen molar-refractivity contribution in [2.45, 2.75) is 13.2 Å². The number of rotatable bonds is 9. The van der Waals surface area contributed by atoms with Gasteiger partial charge in [-0.1, -0.05) is 97.1 Å². The lowest BCUT2D eigenvalue weighted by atomic mass is 10.0. The van der Waals surface area contributed by atoms with Gasteiger partial charge in [0.1, 0.15) is 18.1 Å². The Hall–Kier alpha value is -5.14. The highest BCUT2D eigenvalue weighted by atomic mass is 32.2. The maximum Gasteiger partial charge on any atom is 0.267 e. The molecular formula is C35H27N3O3S. The average molecular weight is 570 g/mol. The van der Waals surface area contributed by atoms with Crippen LogP contribution in [0.2, 0.25) is 0 Å². The second-order valence-corrected chi connectivity index (χ2v) is 10.6. The Kier molecular flexibility index (Phi) is 8.38. The Morgan fingerprint density at radius 3 is 2.31 bits per heavy atom. The van der Waals surface area contributed by atoms with Crippen LogP contribution in [0.15, 0.2) is 147 Å². The number of carbonyl (C=O) groups is 1. The average Bonchev–Trinajstić information content (AvgIpc) is 3.66. The van der Waals surface area contributed by atoms with Gasteiger partial charge in [0.2, 0.25) is 0 Å². The SMILES string of the molecule is O=C1/C(=C/c2cccc(OCc3ccccc3)c2)S/C(=N/N=C/c2ccc(-c3ccccc3)cc2)N1Cc1ccco1. The number of hydrogen-bond acceptors (Lipinski definition) is 6. The summed E-state index contributed by atoms with van der Waals surface area (Å²) >= 11 is 1.29. The molecule has 42 heavy (non-hydrogen) atoms. The summed E-state index contributed by atoms with van der Waals surface area (Å²) in [6.45, 7) is 0.728. The number of benzene rings is 4. The summed E-state index contributed by atoms with van der Waals surface area (Å²) in [4.78, 5) is 15.6. The van der Waals surface area contributed by atoms with Crippen LogP contribution in [0.25, 0.3) is 17.2 Å². The quantitative estimate of drug-likeness (QED) is 0.102. The van der Waals surface area contributed by atoms with E-state index in [1.165, 1.54) is 11.8 Å². The smallest absolute Gasteiger partial charge is 0.267 e. The second-order valence-electron chi connectivity index (χ2n) is 9.54. The van der Waals surface area contributed by atoms with Crippen molar-refractivity contribution in [1.82, 2.24) is 4.90 Å². The molecule has 0 aliphatic carbocycles. The van der Waals surface area contributed by atoms with E-state index in [4.69, 9.17) is 9.15 Å². The van der Waals surface area contributed by atoms with Crippen LogP contribution in [-0.4, -0.2) is 22.2 Å². The Morgan fingerprint density at radius 2 is 1.55 bits per heavy atom. The zero-order valence-electron chi connectivity index (χ0n) is 22.7. The van der Waals surface area contributed by atoms with Crippen LogP contribution in [-0.2, 0) is 17.9 Å². The van der Waals surface area contributed by atoms with Crippen molar-refractivity contribution in [2.75, 3.05) is 0 Å². The minimum Gasteiger partial charge on any atom is -0.489 e. The molecule has 0 spiro atoms. The zero-order chi connectivity index (χ0) is 28.6. The standard InChI is InChI=1S/C35H27N3O3S/c39-34-33(22-28-11-7-14-31(21-28)41-25-27-9-3-1-4-10-27)42-35(38(34)24-32-15-8-20-40-32)37-36-23-26-16-18-30(19-17-26)29-12-5-2-6-13-29/h1-23H,24-25H2/b33-22-,36-23+,37-35+. The molecule has 7 heteroatoms. The number of amides is 1. The van der Waals surface area contributed by atoms with Gasteiger partial charge in [0.15, 0.2) is 5.17 Å². The lowest BCUT2D eigenvalue weighted by Gasteiger charge is -2.12. The first-order valence-electron chi connectivity index (χ1n) is 13.5. The van der Waals surface area contributed by atoms with Gasteiger partial charge in [0.25, 0.3) is 5.91 Å². The molecule has 6 nitrogen and oxygen atoms in total. The number of nitrogens with zero attached hydrogens (tertiary/aromatic N) is 3. The van der Waals surface area contributed by atoms with E-state index >= 15 is 0 Å². The molecule has 0 unspecified atom stereocenters. The molecule has 0 bridgehead atoms. The zero-order valence-corrected chi connectivity index (χ0v) is 23.5. The molecule has 0 radical (unpaired) electrons. The van der Waals surface area contributed by atoms with Crippen LogP contribution in [0.5, 0.6) is 5.75 Å². The normalized spacial score (nSPS) is 15.2. The molecule has 0 atom stereocenters.